The number of amides is 2. The van der Waals surface area contributed by atoms with E-state index < -0.39 is 6.10 Å². The average Bonchev–Trinajstić information content (AvgIpc) is 2.18. The van der Waals surface area contributed by atoms with Gasteiger partial charge in [0, 0.05) is 12.4 Å². The first-order valence-electron chi connectivity index (χ1n) is 5.02. The summed E-state index contributed by atoms with van der Waals surface area (Å²) >= 11 is 5.43. The molecule has 1 fully saturated rings. The Morgan fingerprint density at radius 1 is 1.43 bits per heavy atom. The van der Waals surface area contributed by atoms with Gasteiger partial charge in [0.15, 0.2) is 0 Å². The highest BCUT2D eigenvalue weighted by Crippen LogP contribution is 2.17. The number of carbonyl (C=O) groups excluding carboxylic acids is 1. The zero-order valence-electron chi connectivity index (χ0n) is 8.13. The van der Waals surface area contributed by atoms with E-state index in [9.17, 15) is 9.90 Å². The fraction of sp³-hybridized carbons (Fsp3) is 0.889. The second-order valence-electron chi connectivity index (χ2n) is 3.55. The van der Waals surface area contributed by atoms with Gasteiger partial charge in [-0.2, -0.15) is 0 Å². The van der Waals surface area contributed by atoms with E-state index >= 15 is 0 Å². The first kappa shape index (κ1) is 11.6. The quantitative estimate of drug-likeness (QED) is 0.617. The molecule has 0 spiro atoms. The van der Waals surface area contributed by atoms with Crippen molar-refractivity contribution in [2.75, 3.05) is 12.4 Å². The molecule has 0 aliphatic heterocycles. The second kappa shape index (κ2) is 6.09. The Kier molecular flexibility index (Phi) is 5.04. The molecule has 1 aliphatic carbocycles. The lowest BCUT2D eigenvalue weighted by Crippen LogP contribution is -2.49. The molecule has 0 bridgehead atoms. The Balaban J connectivity index is 2.23. The molecule has 4 nitrogen and oxygen atoms in total. The van der Waals surface area contributed by atoms with Crippen LogP contribution >= 0.6 is 11.6 Å². The molecular weight excluding hydrogens is 204 g/mol. The van der Waals surface area contributed by atoms with Crippen molar-refractivity contribution in [2.45, 2.75) is 37.8 Å². The van der Waals surface area contributed by atoms with Gasteiger partial charge in [-0.25, -0.2) is 4.79 Å². The topological polar surface area (TPSA) is 61.4 Å². The van der Waals surface area contributed by atoms with Gasteiger partial charge in [-0.15, -0.1) is 11.6 Å². The Labute approximate surface area is 89.0 Å². The lowest BCUT2D eigenvalue weighted by molar-refractivity contribution is 0.0944. The summed E-state index contributed by atoms with van der Waals surface area (Å²) in [6, 6.07) is -0.337. The van der Waals surface area contributed by atoms with Crippen molar-refractivity contribution in [1.82, 2.24) is 10.6 Å². The Morgan fingerprint density at radius 2 is 2.14 bits per heavy atom. The Hall–Kier alpha value is -0.480. The van der Waals surface area contributed by atoms with Crippen molar-refractivity contribution in [3.8, 4) is 0 Å². The third-order valence-electron chi connectivity index (χ3n) is 2.43. The van der Waals surface area contributed by atoms with E-state index in [1.165, 1.54) is 0 Å². The molecule has 1 saturated carbocycles. The van der Waals surface area contributed by atoms with Crippen molar-refractivity contribution in [3.05, 3.63) is 0 Å². The van der Waals surface area contributed by atoms with Crippen molar-refractivity contribution >= 4 is 17.6 Å². The van der Waals surface area contributed by atoms with Gasteiger partial charge in [-0.05, 0) is 12.8 Å². The van der Waals surface area contributed by atoms with Crippen LogP contribution in [0.2, 0.25) is 0 Å². The minimum atomic E-state index is -0.398. The highest BCUT2D eigenvalue weighted by molar-refractivity contribution is 6.18. The van der Waals surface area contributed by atoms with Crippen LogP contribution in [0.5, 0.6) is 0 Å². The largest absolute Gasteiger partial charge is 0.391 e. The summed E-state index contributed by atoms with van der Waals surface area (Å²) in [6.45, 7) is 0.455. The molecule has 14 heavy (non-hydrogen) atoms. The normalized spacial score (nSPS) is 27.0. The summed E-state index contributed by atoms with van der Waals surface area (Å²) in [5, 5.41) is 14.9. The van der Waals surface area contributed by atoms with Crippen LogP contribution in [0.3, 0.4) is 0 Å². The maximum absolute atomic E-state index is 11.2. The zero-order chi connectivity index (χ0) is 10.4. The first-order valence-corrected chi connectivity index (χ1v) is 5.56. The number of halogens is 1. The summed E-state index contributed by atoms with van der Waals surface area (Å²) in [7, 11) is 0. The van der Waals surface area contributed by atoms with E-state index in [-0.39, 0.29) is 12.1 Å². The summed E-state index contributed by atoms with van der Waals surface area (Å²) in [5.74, 6) is 0.403. The van der Waals surface area contributed by atoms with Gasteiger partial charge < -0.3 is 15.7 Å². The average molecular weight is 221 g/mol. The van der Waals surface area contributed by atoms with Gasteiger partial charge in [0.2, 0.25) is 0 Å². The molecule has 0 unspecified atom stereocenters. The molecule has 0 aromatic carbocycles. The molecule has 3 N–H and O–H groups in total. The molecular formula is C9H17ClN2O2. The number of hydrogen-bond donors (Lipinski definition) is 3. The zero-order valence-corrected chi connectivity index (χ0v) is 8.89. The van der Waals surface area contributed by atoms with E-state index in [0.29, 0.717) is 12.4 Å². The van der Waals surface area contributed by atoms with Crippen LogP contribution in [0.4, 0.5) is 4.79 Å². The van der Waals surface area contributed by atoms with E-state index in [0.717, 1.165) is 25.7 Å². The molecule has 0 aromatic rings. The number of hydrogen-bond acceptors (Lipinski definition) is 2. The van der Waals surface area contributed by atoms with Crippen LogP contribution in [-0.2, 0) is 0 Å². The number of rotatable bonds is 3. The predicted molar refractivity (Wildman–Crippen MR) is 55.5 cm³/mol. The highest BCUT2D eigenvalue weighted by atomic mass is 35.5. The number of nitrogens with one attached hydrogen (secondary N) is 2. The van der Waals surface area contributed by atoms with Gasteiger partial charge in [-0.1, -0.05) is 12.8 Å². The van der Waals surface area contributed by atoms with E-state index in [1.807, 2.05) is 0 Å². The minimum absolute atomic E-state index is 0.0981. The molecule has 0 radical (unpaired) electrons. The molecule has 0 aromatic heterocycles. The number of urea groups is 1. The standard InChI is InChI=1S/C9H17ClN2O2/c10-5-6-11-9(14)12-7-3-1-2-4-8(7)13/h7-8,13H,1-6H2,(H2,11,12,14)/t7-,8+/m1/s1. The van der Waals surface area contributed by atoms with E-state index in [4.69, 9.17) is 11.6 Å². The number of aliphatic hydroxyl groups is 1. The van der Waals surface area contributed by atoms with Crippen molar-refractivity contribution in [2.24, 2.45) is 0 Å². The van der Waals surface area contributed by atoms with Crippen molar-refractivity contribution in [3.63, 3.8) is 0 Å². The van der Waals surface area contributed by atoms with Gasteiger partial charge in [0.05, 0.1) is 12.1 Å². The molecule has 0 saturated heterocycles. The number of alkyl halides is 1. The smallest absolute Gasteiger partial charge is 0.315 e. The summed E-state index contributed by atoms with van der Waals surface area (Å²) in [4.78, 5) is 11.2. The van der Waals surface area contributed by atoms with Gasteiger partial charge >= 0.3 is 6.03 Å². The van der Waals surface area contributed by atoms with Gasteiger partial charge in [0.25, 0.3) is 0 Å². The van der Waals surface area contributed by atoms with E-state index in [2.05, 4.69) is 10.6 Å². The lowest BCUT2D eigenvalue weighted by atomic mass is 9.93. The molecule has 2 amide bonds. The van der Waals surface area contributed by atoms with Crippen LogP contribution in [0.15, 0.2) is 0 Å². The lowest BCUT2D eigenvalue weighted by Gasteiger charge is -2.28. The van der Waals surface area contributed by atoms with Gasteiger partial charge in [-0.3, -0.25) is 0 Å². The second-order valence-corrected chi connectivity index (χ2v) is 3.93. The van der Waals surface area contributed by atoms with E-state index in [1.54, 1.807) is 0 Å². The molecule has 5 heteroatoms. The van der Waals surface area contributed by atoms with Crippen LogP contribution < -0.4 is 10.6 Å². The summed E-state index contributed by atoms with van der Waals surface area (Å²) in [6.07, 6.45) is 3.35. The minimum Gasteiger partial charge on any atom is -0.391 e. The first-order chi connectivity index (χ1) is 6.74. The third kappa shape index (κ3) is 3.72. The maximum Gasteiger partial charge on any atom is 0.315 e. The Morgan fingerprint density at radius 3 is 2.79 bits per heavy atom. The Bertz CT molecular complexity index is 190. The molecule has 0 heterocycles. The third-order valence-corrected chi connectivity index (χ3v) is 2.62. The number of carbonyl (C=O) groups is 1. The van der Waals surface area contributed by atoms with Crippen LogP contribution in [0.25, 0.3) is 0 Å². The highest BCUT2D eigenvalue weighted by Gasteiger charge is 2.23. The van der Waals surface area contributed by atoms with Crippen molar-refractivity contribution < 1.29 is 9.90 Å². The predicted octanol–water partition coefficient (Wildman–Crippen LogP) is 0.828. The maximum atomic E-state index is 11.2. The van der Waals surface area contributed by atoms with Crippen LogP contribution in [0, 0.1) is 0 Å². The fourth-order valence-corrected chi connectivity index (χ4v) is 1.75. The summed E-state index contributed by atoms with van der Waals surface area (Å²) < 4.78 is 0. The molecule has 1 aliphatic rings. The van der Waals surface area contributed by atoms with Gasteiger partial charge in [0.1, 0.15) is 0 Å². The van der Waals surface area contributed by atoms with Crippen molar-refractivity contribution in [1.29, 1.82) is 0 Å². The number of aliphatic hydroxyl groups excluding tert-OH is 1. The molecule has 2 atom stereocenters. The molecule has 1 rings (SSSR count). The SMILES string of the molecule is O=C(NCCCl)N[C@@H]1CCCC[C@@H]1O. The van der Waals surface area contributed by atoms with Crippen LogP contribution in [0.1, 0.15) is 25.7 Å². The fourth-order valence-electron chi connectivity index (χ4n) is 1.66. The monoisotopic (exact) mass is 220 g/mol. The summed E-state index contributed by atoms with van der Waals surface area (Å²) in [5.41, 5.74) is 0. The van der Waals surface area contributed by atoms with Crippen LogP contribution in [-0.4, -0.2) is 35.7 Å². The molecule has 82 valence electrons.